The molecule has 0 radical (unpaired) electrons. The molecule has 0 aliphatic carbocycles. The molecule has 2 aliphatic heterocycles. The van der Waals surface area contributed by atoms with Crippen LogP contribution >= 0.6 is 0 Å². The maximum atomic E-state index is 5.25. The van der Waals surface area contributed by atoms with Gasteiger partial charge in [0, 0.05) is 0 Å². The Morgan fingerprint density at radius 2 is 0.610 bits per heavy atom. The third-order valence-corrected chi connectivity index (χ3v) is 8.82. The second-order valence-corrected chi connectivity index (χ2v) is 10.8. The Hall–Kier alpha value is -2.63. The van der Waals surface area contributed by atoms with Crippen molar-refractivity contribution in [1.82, 2.24) is 19.9 Å². The van der Waals surface area contributed by atoms with Gasteiger partial charge in [-0.15, -0.1) is 22.1 Å². The van der Waals surface area contributed by atoms with Gasteiger partial charge in [-0.3, -0.25) is 0 Å². The van der Waals surface area contributed by atoms with E-state index >= 15 is 0 Å². The summed E-state index contributed by atoms with van der Waals surface area (Å²) in [6, 6.07) is 8.98. The number of nitrogens with zero attached hydrogens (tertiary/aromatic N) is 4. The first kappa shape index (κ1) is 31.3. The van der Waals surface area contributed by atoms with Gasteiger partial charge >= 0.3 is 23.1 Å². The summed E-state index contributed by atoms with van der Waals surface area (Å²) in [5.74, 6) is 0. The molecule has 0 fully saturated rings. The summed E-state index contributed by atoms with van der Waals surface area (Å²) in [7, 11) is 0. The molecule has 0 unspecified atom stereocenters. The molecular weight excluding hydrogens is 513 g/mol. The van der Waals surface area contributed by atoms with Crippen molar-refractivity contribution < 1.29 is 0 Å². The van der Waals surface area contributed by atoms with Crippen LogP contribution in [0.4, 0.5) is 0 Å². The van der Waals surface area contributed by atoms with Crippen LogP contribution in [0.25, 0.3) is 44.4 Å². The van der Waals surface area contributed by atoms with Gasteiger partial charge in [-0.25, -0.2) is 9.97 Å². The molecular formula is C36H44MgN4. The van der Waals surface area contributed by atoms with E-state index in [0.717, 1.165) is 96.2 Å². The molecule has 5 rings (SSSR count). The summed E-state index contributed by atoms with van der Waals surface area (Å²) < 4.78 is 0. The minimum atomic E-state index is 0. The molecule has 0 saturated heterocycles. The maximum absolute atomic E-state index is 5.25. The molecule has 0 spiro atoms. The molecule has 2 aliphatic rings. The Morgan fingerprint density at radius 3 is 0.780 bits per heavy atom. The summed E-state index contributed by atoms with van der Waals surface area (Å²) >= 11 is 0. The average Bonchev–Trinajstić information content (AvgIpc) is 3.67. The van der Waals surface area contributed by atoms with Crippen LogP contribution < -0.4 is 9.97 Å². The van der Waals surface area contributed by atoms with Crippen molar-refractivity contribution >= 4 is 67.4 Å². The number of allylic oxidation sites excluding steroid dienone is 4. The van der Waals surface area contributed by atoms with Gasteiger partial charge in [0.15, 0.2) is 0 Å². The minimum Gasteiger partial charge on any atom is -0.657 e. The van der Waals surface area contributed by atoms with E-state index < -0.39 is 0 Å². The monoisotopic (exact) mass is 556 g/mol. The van der Waals surface area contributed by atoms with Crippen molar-refractivity contribution in [2.75, 3.05) is 0 Å². The first-order valence-electron chi connectivity index (χ1n) is 15.6. The van der Waals surface area contributed by atoms with Gasteiger partial charge in [0.2, 0.25) is 0 Å². The van der Waals surface area contributed by atoms with E-state index in [-0.39, 0.29) is 23.1 Å². The molecule has 0 N–H and O–H groups in total. The molecule has 0 amide bonds. The number of aromatic nitrogens is 4. The van der Waals surface area contributed by atoms with Crippen LogP contribution in [0.1, 0.15) is 126 Å². The summed E-state index contributed by atoms with van der Waals surface area (Å²) in [5, 5.41) is 0. The van der Waals surface area contributed by atoms with Crippen LogP contribution in [-0.2, 0) is 25.7 Å². The Labute approximate surface area is 262 Å². The summed E-state index contributed by atoms with van der Waals surface area (Å²) in [6.07, 6.45) is 7.60. The Balaban J connectivity index is 0.00000387. The van der Waals surface area contributed by atoms with Crippen molar-refractivity contribution in [3.63, 3.8) is 0 Å². The van der Waals surface area contributed by atoms with E-state index in [1.165, 1.54) is 44.5 Å². The molecule has 0 saturated carbocycles. The molecule has 5 heterocycles. The zero-order valence-corrected chi connectivity index (χ0v) is 27.9. The Morgan fingerprint density at radius 1 is 0.390 bits per heavy atom. The van der Waals surface area contributed by atoms with E-state index in [1.807, 2.05) is 0 Å². The third kappa shape index (κ3) is 5.36. The van der Waals surface area contributed by atoms with Crippen molar-refractivity contribution in [3.8, 4) is 0 Å². The van der Waals surface area contributed by atoms with Gasteiger partial charge in [-0.2, -0.15) is 0 Å². The van der Waals surface area contributed by atoms with Gasteiger partial charge in [0.05, 0.1) is 22.8 Å². The van der Waals surface area contributed by atoms with E-state index in [0.29, 0.717) is 0 Å². The zero-order chi connectivity index (χ0) is 28.6. The second-order valence-electron chi connectivity index (χ2n) is 10.8. The largest absolute Gasteiger partial charge is 2.00 e. The predicted molar refractivity (Wildman–Crippen MR) is 177 cm³/mol. The molecule has 8 bridgehead atoms. The van der Waals surface area contributed by atoms with Crippen LogP contribution in [0.5, 0.6) is 0 Å². The van der Waals surface area contributed by atoms with Gasteiger partial charge in [0.1, 0.15) is 0 Å². The van der Waals surface area contributed by atoms with E-state index in [1.54, 1.807) is 0 Å². The molecule has 3 aromatic heterocycles. The smallest absolute Gasteiger partial charge is 0.657 e. The Kier molecular flexibility index (Phi) is 10.0. The molecule has 4 nitrogen and oxygen atoms in total. The van der Waals surface area contributed by atoms with Crippen molar-refractivity contribution in [3.05, 3.63) is 69.3 Å². The fraction of sp³-hybridized carbons (Fsp3) is 0.444. The van der Waals surface area contributed by atoms with Crippen LogP contribution in [0.15, 0.2) is 24.3 Å². The normalized spacial score (nSPS) is 13.3. The molecule has 3 aromatic rings. The predicted octanol–water partition coefficient (Wildman–Crippen LogP) is 8.90. The molecule has 210 valence electrons. The third-order valence-electron chi connectivity index (χ3n) is 8.82. The standard InChI is InChI=1S/C36H44N4.Mg/c1-9-21-22(10-2)30-18-32-25(13-5)26(14-6)34(39-32)20-36-28(16-8)27(15-7)35(40-36)19-33-24(12-4)23(11-3)31(38-33)17-29(21)37-30;/h17-20H,9-16H2,1-8H3;/q-2;+2. The molecule has 5 heteroatoms. The van der Waals surface area contributed by atoms with Crippen molar-refractivity contribution in [1.29, 1.82) is 0 Å². The van der Waals surface area contributed by atoms with Crippen molar-refractivity contribution in [2.24, 2.45) is 0 Å². The summed E-state index contributed by atoms with van der Waals surface area (Å²) in [6.45, 7) is 17.9. The second kappa shape index (κ2) is 13.1. The zero-order valence-electron chi connectivity index (χ0n) is 26.5. The summed E-state index contributed by atoms with van der Waals surface area (Å²) in [5.41, 5.74) is 19.1. The fourth-order valence-corrected chi connectivity index (χ4v) is 6.92. The summed E-state index contributed by atoms with van der Waals surface area (Å²) in [4.78, 5) is 21.0. The van der Waals surface area contributed by atoms with Crippen LogP contribution in [0.2, 0.25) is 0 Å². The van der Waals surface area contributed by atoms with Crippen LogP contribution in [0.3, 0.4) is 0 Å². The number of fused-ring (bicyclic) bond motifs is 8. The van der Waals surface area contributed by atoms with E-state index in [4.69, 9.17) is 19.9 Å². The number of rotatable bonds is 8. The first-order chi connectivity index (χ1) is 19.5. The van der Waals surface area contributed by atoms with E-state index in [2.05, 4.69) is 79.7 Å². The molecule has 0 atom stereocenters. The SMILES string of the molecule is CCC1=C(CC)c2cc3[n-]c(cc4nc(cc5[n-]c(cc1n2)c(CC)c5CC)C(CC)=C4CC)c(CC)c3CC.[Mg+2]. The van der Waals surface area contributed by atoms with Crippen molar-refractivity contribution in [2.45, 2.75) is 107 Å². The van der Waals surface area contributed by atoms with Gasteiger partial charge in [-0.05, 0) is 73.7 Å². The maximum Gasteiger partial charge on any atom is 2.00 e. The van der Waals surface area contributed by atoms with Gasteiger partial charge in [0.25, 0.3) is 0 Å². The van der Waals surface area contributed by atoms with Crippen LogP contribution in [-0.4, -0.2) is 33.0 Å². The minimum absolute atomic E-state index is 0. The van der Waals surface area contributed by atoms with E-state index in [9.17, 15) is 0 Å². The number of hydrogen-bond donors (Lipinski definition) is 0. The quantitative estimate of drug-likeness (QED) is 0.260. The average molecular weight is 557 g/mol. The number of aryl methyl sites for hydroxylation is 4. The van der Waals surface area contributed by atoms with Gasteiger partial charge in [-0.1, -0.05) is 102 Å². The molecule has 0 aromatic carbocycles. The topological polar surface area (TPSA) is 54.0 Å². The number of hydrogen-bond acceptors (Lipinski definition) is 2. The fourth-order valence-electron chi connectivity index (χ4n) is 6.92. The molecule has 41 heavy (non-hydrogen) atoms. The first-order valence-corrected chi connectivity index (χ1v) is 15.6. The van der Waals surface area contributed by atoms with Gasteiger partial charge < -0.3 is 9.97 Å². The Bertz CT molecular complexity index is 1440. The van der Waals surface area contributed by atoms with Crippen LogP contribution in [0, 0.1) is 0 Å².